The molecule has 1 aromatic carbocycles. The quantitative estimate of drug-likeness (QED) is 0.618. The normalized spacial score (nSPS) is 11.7. The lowest BCUT2D eigenvalue weighted by atomic mass is 10.0. The average molecular weight is 240 g/mol. The van der Waals surface area contributed by atoms with Crippen LogP contribution in [-0.4, -0.2) is 20.0 Å². The fraction of sp³-hybridized carbons (Fsp3) is 0.364. The minimum Gasteiger partial charge on any atom is -0.387 e. The number of hydrogen-bond donors (Lipinski definition) is 2. The first-order valence-electron chi connectivity index (χ1n) is 4.98. The van der Waals surface area contributed by atoms with Crippen LogP contribution in [0.5, 0.6) is 0 Å². The standard InChI is InChI=1S/C11H16N2O2S/c1-8(2)9-3-5-10(6-4-9)16(14,15)7-11(12)13/h3-6,8H,7H2,1-2H3,(H3,12,13). The third-order valence-corrected chi connectivity index (χ3v) is 3.93. The van der Waals surface area contributed by atoms with Crippen molar-refractivity contribution < 1.29 is 8.42 Å². The molecule has 0 aliphatic rings. The number of amidine groups is 1. The van der Waals surface area contributed by atoms with Crippen molar-refractivity contribution in [2.24, 2.45) is 5.73 Å². The van der Waals surface area contributed by atoms with Gasteiger partial charge < -0.3 is 5.73 Å². The minimum atomic E-state index is -3.45. The van der Waals surface area contributed by atoms with Crippen LogP contribution in [-0.2, 0) is 9.84 Å². The molecule has 0 bridgehead atoms. The van der Waals surface area contributed by atoms with Crippen molar-refractivity contribution in [1.82, 2.24) is 0 Å². The predicted octanol–water partition coefficient (Wildman–Crippen LogP) is 1.52. The van der Waals surface area contributed by atoms with E-state index in [1.54, 1.807) is 24.3 Å². The molecule has 0 saturated carbocycles. The van der Waals surface area contributed by atoms with Crippen LogP contribution in [0.1, 0.15) is 25.3 Å². The van der Waals surface area contributed by atoms with Crippen molar-refractivity contribution >= 4 is 15.7 Å². The van der Waals surface area contributed by atoms with Crippen LogP contribution in [0.3, 0.4) is 0 Å². The largest absolute Gasteiger partial charge is 0.387 e. The van der Waals surface area contributed by atoms with Crippen molar-refractivity contribution in [3.8, 4) is 0 Å². The Morgan fingerprint density at radius 3 is 2.19 bits per heavy atom. The number of benzene rings is 1. The molecule has 0 heterocycles. The molecule has 3 N–H and O–H groups in total. The Morgan fingerprint density at radius 1 is 1.31 bits per heavy atom. The number of nitrogens with one attached hydrogen (secondary N) is 1. The second-order valence-corrected chi connectivity index (χ2v) is 6.00. The van der Waals surface area contributed by atoms with Gasteiger partial charge in [-0.05, 0) is 23.6 Å². The van der Waals surface area contributed by atoms with Gasteiger partial charge in [0.05, 0.1) is 4.90 Å². The van der Waals surface area contributed by atoms with Gasteiger partial charge in [0, 0.05) is 0 Å². The Balaban J connectivity index is 3.02. The summed E-state index contributed by atoms with van der Waals surface area (Å²) < 4.78 is 23.4. The summed E-state index contributed by atoms with van der Waals surface area (Å²) in [5.74, 6) is -0.397. The SMILES string of the molecule is CC(C)c1ccc(S(=O)(=O)CC(=N)N)cc1. The molecule has 0 fully saturated rings. The summed E-state index contributed by atoms with van der Waals surface area (Å²) in [5.41, 5.74) is 6.18. The highest BCUT2D eigenvalue weighted by Crippen LogP contribution is 2.17. The Labute approximate surface area is 95.9 Å². The molecule has 0 radical (unpaired) electrons. The van der Waals surface area contributed by atoms with Gasteiger partial charge in [0.15, 0.2) is 9.84 Å². The lowest BCUT2D eigenvalue weighted by Gasteiger charge is -2.07. The summed E-state index contributed by atoms with van der Waals surface area (Å²) in [5, 5.41) is 7.01. The first-order valence-corrected chi connectivity index (χ1v) is 6.64. The van der Waals surface area contributed by atoms with E-state index in [1.165, 1.54) is 0 Å². The fourth-order valence-corrected chi connectivity index (χ4v) is 2.47. The number of hydrogen-bond acceptors (Lipinski definition) is 3. The van der Waals surface area contributed by atoms with E-state index in [2.05, 4.69) is 0 Å². The molecular weight excluding hydrogens is 224 g/mol. The summed E-state index contributed by atoms with van der Waals surface area (Å²) in [4.78, 5) is 0.215. The molecule has 0 atom stereocenters. The second kappa shape index (κ2) is 4.65. The zero-order valence-electron chi connectivity index (χ0n) is 9.40. The van der Waals surface area contributed by atoms with Crippen molar-refractivity contribution in [2.75, 3.05) is 5.75 Å². The number of sulfone groups is 1. The van der Waals surface area contributed by atoms with Crippen molar-refractivity contribution in [3.05, 3.63) is 29.8 Å². The van der Waals surface area contributed by atoms with Gasteiger partial charge in [-0.3, -0.25) is 5.41 Å². The molecule has 0 unspecified atom stereocenters. The second-order valence-electron chi connectivity index (χ2n) is 4.01. The van der Waals surface area contributed by atoms with E-state index in [4.69, 9.17) is 11.1 Å². The molecule has 1 aromatic rings. The molecule has 0 amide bonds. The van der Waals surface area contributed by atoms with Gasteiger partial charge in [-0.25, -0.2) is 8.42 Å². The zero-order chi connectivity index (χ0) is 12.3. The number of rotatable bonds is 4. The maximum atomic E-state index is 11.7. The highest BCUT2D eigenvalue weighted by Gasteiger charge is 2.15. The van der Waals surface area contributed by atoms with Crippen LogP contribution in [0.15, 0.2) is 29.2 Å². The van der Waals surface area contributed by atoms with Gasteiger partial charge in [-0.2, -0.15) is 0 Å². The van der Waals surface area contributed by atoms with E-state index < -0.39 is 15.6 Å². The van der Waals surface area contributed by atoms with Gasteiger partial charge in [-0.15, -0.1) is 0 Å². The molecule has 0 spiro atoms. The van der Waals surface area contributed by atoms with Crippen LogP contribution in [0, 0.1) is 5.41 Å². The molecule has 0 saturated heterocycles. The van der Waals surface area contributed by atoms with Crippen LogP contribution < -0.4 is 5.73 Å². The fourth-order valence-electron chi connectivity index (χ4n) is 1.35. The van der Waals surface area contributed by atoms with Gasteiger partial charge >= 0.3 is 0 Å². The molecule has 0 aromatic heterocycles. The maximum Gasteiger partial charge on any atom is 0.185 e. The third-order valence-electron chi connectivity index (χ3n) is 2.25. The smallest absolute Gasteiger partial charge is 0.185 e. The highest BCUT2D eigenvalue weighted by molar-refractivity contribution is 7.92. The van der Waals surface area contributed by atoms with E-state index in [0.29, 0.717) is 5.92 Å². The Bertz CT molecular complexity index is 475. The van der Waals surface area contributed by atoms with E-state index in [-0.39, 0.29) is 10.7 Å². The van der Waals surface area contributed by atoms with Gasteiger partial charge in [0.1, 0.15) is 11.6 Å². The van der Waals surface area contributed by atoms with Crippen LogP contribution in [0.2, 0.25) is 0 Å². The van der Waals surface area contributed by atoms with E-state index in [0.717, 1.165) is 5.56 Å². The first-order chi connectivity index (χ1) is 7.33. The van der Waals surface area contributed by atoms with Crippen LogP contribution >= 0.6 is 0 Å². The maximum absolute atomic E-state index is 11.7. The molecule has 0 aliphatic carbocycles. The molecule has 1 rings (SSSR count). The first kappa shape index (κ1) is 12.7. The van der Waals surface area contributed by atoms with Crippen LogP contribution in [0.4, 0.5) is 0 Å². The van der Waals surface area contributed by atoms with Crippen LogP contribution in [0.25, 0.3) is 0 Å². The van der Waals surface area contributed by atoms with Gasteiger partial charge in [0.2, 0.25) is 0 Å². The third kappa shape index (κ3) is 3.06. The van der Waals surface area contributed by atoms with Gasteiger partial charge in [-0.1, -0.05) is 26.0 Å². The summed E-state index contributed by atoms with van der Waals surface area (Å²) in [7, 11) is -3.45. The van der Waals surface area contributed by atoms with Crippen molar-refractivity contribution in [1.29, 1.82) is 5.41 Å². The topological polar surface area (TPSA) is 84.0 Å². The molecule has 4 nitrogen and oxygen atoms in total. The Morgan fingerprint density at radius 2 is 1.81 bits per heavy atom. The molecular formula is C11H16N2O2S. The Hall–Kier alpha value is -1.36. The summed E-state index contributed by atoms with van der Waals surface area (Å²) >= 11 is 0. The lowest BCUT2D eigenvalue weighted by molar-refractivity contribution is 0.599. The average Bonchev–Trinajstić information content (AvgIpc) is 2.16. The van der Waals surface area contributed by atoms with Crippen molar-refractivity contribution in [2.45, 2.75) is 24.7 Å². The molecule has 88 valence electrons. The van der Waals surface area contributed by atoms with E-state index >= 15 is 0 Å². The zero-order valence-corrected chi connectivity index (χ0v) is 10.2. The molecule has 5 heteroatoms. The Kier molecular flexibility index (Phi) is 3.70. The van der Waals surface area contributed by atoms with Gasteiger partial charge in [0.25, 0.3) is 0 Å². The summed E-state index contributed by atoms with van der Waals surface area (Å²) in [6.07, 6.45) is 0. The highest BCUT2D eigenvalue weighted by atomic mass is 32.2. The van der Waals surface area contributed by atoms with E-state index in [1.807, 2.05) is 13.8 Å². The number of nitrogens with two attached hydrogens (primary N) is 1. The molecule has 16 heavy (non-hydrogen) atoms. The summed E-state index contributed by atoms with van der Waals surface area (Å²) in [6.45, 7) is 4.08. The predicted molar refractivity (Wildman–Crippen MR) is 64.5 cm³/mol. The summed E-state index contributed by atoms with van der Waals surface area (Å²) in [6, 6.07) is 6.70. The minimum absolute atomic E-state index is 0.215. The lowest BCUT2D eigenvalue weighted by Crippen LogP contribution is -2.22. The van der Waals surface area contributed by atoms with E-state index in [9.17, 15) is 8.42 Å². The van der Waals surface area contributed by atoms with Crippen molar-refractivity contribution in [3.63, 3.8) is 0 Å². The molecule has 0 aliphatic heterocycles. The monoisotopic (exact) mass is 240 g/mol.